The van der Waals surface area contributed by atoms with Gasteiger partial charge in [-0.25, -0.2) is 0 Å². The van der Waals surface area contributed by atoms with Crippen molar-refractivity contribution in [2.75, 3.05) is 5.33 Å². The lowest BCUT2D eigenvalue weighted by Gasteiger charge is -1.91. The Morgan fingerprint density at radius 2 is 2.60 bits per heavy atom. The molecule has 10 heavy (non-hydrogen) atoms. The number of rotatable bonds is 2. The average molecular weight is 204 g/mol. The second-order valence-corrected chi connectivity index (χ2v) is 2.22. The highest BCUT2D eigenvalue weighted by molar-refractivity contribution is 9.09. The van der Waals surface area contributed by atoms with Crippen LogP contribution in [0.3, 0.4) is 0 Å². The highest BCUT2D eigenvalue weighted by Crippen LogP contribution is 2.03. The second-order valence-electron chi connectivity index (χ2n) is 1.66. The maximum absolute atomic E-state index is 8.40. The fraction of sp³-hybridized carbons (Fsp3) is 0.167. The Balaban J connectivity index is 2.85. The van der Waals surface area contributed by atoms with E-state index in [9.17, 15) is 0 Å². The molecule has 0 aliphatic carbocycles. The Bertz CT molecular complexity index is 218. The van der Waals surface area contributed by atoms with E-state index in [4.69, 9.17) is 9.62 Å². The zero-order valence-electron chi connectivity index (χ0n) is 5.12. The minimum absolute atomic E-state index is 0.483. The van der Waals surface area contributed by atoms with Crippen LogP contribution in [0, 0.1) is 0 Å². The number of hydrogen-bond acceptors (Lipinski definition) is 3. The predicted molar refractivity (Wildman–Crippen MR) is 40.8 cm³/mol. The van der Waals surface area contributed by atoms with Gasteiger partial charge in [-0.2, -0.15) is 0 Å². The van der Waals surface area contributed by atoms with Gasteiger partial charge in [0.25, 0.3) is 0 Å². The van der Waals surface area contributed by atoms with Gasteiger partial charge < -0.3 is 9.62 Å². The number of furan rings is 1. The summed E-state index contributed by atoms with van der Waals surface area (Å²) >= 11 is 3.15. The lowest BCUT2D eigenvalue weighted by Crippen LogP contribution is -1.99. The van der Waals surface area contributed by atoms with Crippen LogP contribution in [0.15, 0.2) is 28.0 Å². The first kappa shape index (κ1) is 7.34. The molecule has 1 N–H and O–H groups in total. The van der Waals surface area contributed by atoms with Gasteiger partial charge in [-0.1, -0.05) is 21.1 Å². The summed E-state index contributed by atoms with van der Waals surface area (Å²) in [4.78, 5) is 0. The summed E-state index contributed by atoms with van der Waals surface area (Å²) in [5, 5.41) is 11.9. The van der Waals surface area contributed by atoms with E-state index in [2.05, 4.69) is 21.1 Å². The summed E-state index contributed by atoms with van der Waals surface area (Å²) in [5.41, 5.74) is 0.491. The molecule has 54 valence electrons. The van der Waals surface area contributed by atoms with Gasteiger partial charge in [-0.05, 0) is 12.1 Å². The summed E-state index contributed by atoms with van der Waals surface area (Å²) < 4.78 is 4.96. The van der Waals surface area contributed by atoms with E-state index in [0.29, 0.717) is 16.8 Å². The maximum Gasteiger partial charge on any atom is 0.152 e. The van der Waals surface area contributed by atoms with Gasteiger partial charge in [-0.15, -0.1) is 0 Å². The number of nitrogens with zero attached hydrogens (tertiary/aromatic N) is 1. The number of oxime groups is 1. The third kappa shape index (κ3) is 1.39. The molecule has 1 aromatic rings. The average Bonchev–Trinajstić information content (AvgIpc) is 2.43. The van der Waals surface area contributed by atoms with E-state index < -0.39 is 0 Å². The van der Waals surface area contributed by atoms with Crippen molar-refractivity contribution in [3.63, 3.8) is 0 Å². The van der Waals surface area contributed by atoms with Crippen LogP contribution < -0.4 is 0 Å². The third-order valence-corrected chi connectivity index (χ3v) is 1.58. The van der Waals surface area contributed by atoms with Crippen molar-refractivity contribution in [1.82, 2.24) is 0 Å². The molecule has 0 radical (unpaired) electrons. The van der Waals surface area contributed by atoms with Gasteiger partial charge in [0.05, 0.1) is 11.6 Å². The zero-order chi connectivity index (χ0) is 7.40. The Hall–Kier alpha value is -0.770. The molecule has 3 nitrogen and oxygen atoms in total. The molecule has 1 rings (SSSR count). The van der Waals surface area contributed by atoms with Gasteiger partial charge in [0.15, 0.2) is 5.76 Å². The Kier molecular flexibility index (Phi) is 2.50. The van der Waals surface area contributed by atoms with E-state index in [1.54, 1.807) is 12.1 Å². The molecule has 0 atom stereocenters. The molecule has 0 aliphatic heterocycles. The zero-order valence-corrected chi connectivity index (χ0v) is 6.71. The van der Waals surface area contributed by atoms with E-state index >= 15 is 0 Å². The van der Waals surface area contributed by atoms with Crippen LogP contribution in [0.2, 0.25) is 0 Å². The first-order valence-corrected chi connectivity index (χ1v) is 3.81. The number of hydrogen-bond donors (Lipinski definition) is 1. The summed E-state index contributed by atoms with van der Waals surface area (Å²) in [5.74, 6) is 0.583. The highest BCUT2D eigenvalue weighted by atomic mass is 79.9. The van der Waals surface area contributed by atoms with Crippen molar-refractivity contribution in [3.8, 4) is 0 Å². The Labute approximate surface area is 66.5 Å². The fourth-order valence-corrected chi connectivity index (χ4v) is 0.973. The molecular weight excluding hydrogens is 198 g/mol. The summed E-state index contributed by atoms with van der Waals surface area (Å²) in [6, 6.07) is 3.47. The van der Waals surface area contributed by atoms with Crippen LogP contribution in [-0.2, 0) is 0 Å². The first-order chi connectivity index (χ1) is 4.88. The van der Waals surface area contributed by atoms with Gasteiger partial charge in [0.2, 0.25) is 0 Å². The minimum atomic E-state index is 0.483. The molecule has 1 heterocycles. The lowest BCUT2D eigenvalue weighted by atomic mass is 10.3. The topological polar surface area (TPSA) is 45.7 Å². The molecular formula is C6H6BrNO2. The monoisotopic (exact) mass is 203 g/mol. The second kappa shape index (κ2) is 3.41. The van der Waals surface area contributed by atoms with E-state index in [1.165, 1.54) is 6.26 Å². The Morgan fingerprint density at radius 1 is 1.80 bits per heavy atom. The lowest BCUT2D eigenvalue weighted by molar-refractivity contribution is 0.318. The fourth-order valence-electron chi connectivity index (χ4n) is 0.585. The molecule has 4 heteroatoms. The number of alkyl halides is 1. The van der Waals surface area contributed by atoms with Crippen molar-refractivity contribution >= 4 is 21.6 Å². The van der Waals surface area contributed by atoms with Crippen molar-refractivity contribution in [1.29, 1.82) is 0 Å². The van der Waals surface area contributed by atoms with Gasteiger partial charge in [0, 0.05) is 0 Å². The van der Waals surface area contributed by atoms with Crippen LogP contribution in [0.4, 0.5) is 0 Å². The molecule has 0 saturated heterocycles. The summed E-state index contributed by atoms with van der Waals surface area (Å²) in [7, 11) is 0. The first-order valence-electron chi connectivity index (χ1n) is 2.69. The molecule has 0 aliphatic rings. The van der Waals surface area contributed by atoms with Crippen molar-refractivity contribution in [2.24, 2.45) is 5.16 Å². The summed E-state index contributed by atoms with van der Waals surface area (Å²) in [6.45, 7) is 0. The smallest absolute Gasteiger partial charge is 0.152 e. The molecule has 0 aromatic carbocycles. The van der Waals surface area contributed by atoms with Gasteiger partial charge >= 0.3 is 0 Å². The molecule has 0 fully saturated rings. The maximum atomic E-state index is 8.40. The van der Waals surface area contributed by atoms with E-state index in [0.717, 1.165) is 0 Å². The summed E-state index contributed by atoms with van der Waals surface area (Å²) in [6.07, 6.45) is 1.53. The predicted octanol–water partition coefficient (Wildman–Crippen LogP) is 1.85. The molecule has 0 amide bonds. The van der Waals surface area contributed by atoms with Crippen molar-refractivity contribution < 1.29 is 9.62 Å². The van der Waals surface area contributed by atoms with E-state index in [-0.39, 0.29) is 0 Å². The van der Waals surface area contributed by atoms with E-state index in [1.807, 2.05) is 0 Å². The van der Waals surface area contributed by atoms with Crippen molar-refractivity contribution in [3.05, 3.63) is 24.2 Å². The largest absolute Gasteiger partial charge is 0.463 e. The molecule has 0 unspecified atom stereocenters. The van der Waals surface area contributed by atoms with Crippen LogP contribution in [0.5, 0.6) is 0 Å². The van der Waals surface area contributed by atoms with Gasteiger partial charge in [0.1, 0.15) is 5.71 Å². The molecule has 0 bridgehead atoms. The highest BCUT2D eigenvalue weighted by Gasteiger charge is 2.03. The van der Waals surface area contributed by atoms with Crippen LogP contribution in [0.1, 0.15) is 5.76 Å². The Morgan fingerprint density at radius 3 is 3.00 bits per heavy atom. The SMILES string of the molecule is O/N=C(\CBr)c1ccco1. The van der Waals surface area contributed by atoms with Crippen LogP contribution in [-0.4, -0.2) is 16.2 Å². The number of halogens is 1. The van der Waals surface area contributed by atoms with Crippen LogP contribution in [0.25, 0.3) is 0 Å². The third-order valence-electron chi connectivity index (χ3n) is 1.05. The van der Waals surface area contributed by atoms with Crippen molar-refractivity contribution in [2.45, 2.75) is 0 Å². The standard InChI is InChI=1S/C6H6BrNO2/c7-4-5(8-9)6-2-1-3-10-6/h1-3,9H,4H2/b8-5+. The van der Waals surface area contributed by atoms with Crippen LogP contribution >= 0.6 is 15.9 Å². The molecule has 1 aromatic heterocycles. The van der Waals surface area contributed by atoms with Gasteiger partial charge in [-0.3, -0.25) is 0 Å². The quantitative estimate of drug-likeness (QED) is 0.345. The normalized spacial score (nSPS) is 11.9. The molecule has 0 spiro atoms. The molecule has 0 saturated carbocycles. The minimum Gasteiger partial charge on any atom is -0.463 e.